The van der Waals surface area contributed by atoms with Crippen molar-refractivity contribution in [1.29, 1.82) is 0 Å². The number of pyridine rings is 1. The molecule has 0 aliphatic heterocycles. The van der Waals surface area contributed by atoms with Gasteiger partial charge < -0.3 is 8.75 Å². The molecule has 0 saturated heterocycles. The van der Waals surface area contributed by atoms with E-state index in [4.69, 9.17) is 0 Å². The summed E-state index contributed by atoms with van der Waals surface area (Å²) in [4.78, 5) is 11.6. The minimum Gasteiger partial charge on any atom is -0.358 e. The van der Waals surface area contributed by atoms with E-state index in [1.165, 1.54) is 22.8 Å². The summed E-state index contributed by atoms with van der Waals surface area (Å²) in [6, 6.07) is 8.95. The Balaban J connectivity index is 2.19. The van der Waals surface area contributed by atoms with Crippen LogP contribution in [0.4, 0.5) is 3.89 Å². The molecule has 0 fully saturated rings. The molecule has 0 radical (unpaired) electrons. The standard InChI is InChI=1S/C12H9FINO4S/c13-20(17,18)19-11-4-1-9(2-5-11)7-15-8-10(14)3-6-12(15)16/h1-6,8H,7H2. The maximum Gasteiger partial charge on any atom is 0.488 e. The smallest absolute Gasteiger partial charge is 0.358 e. The molecule has 1 heterocycles. The molecular weight excluding hydrogens is 400 g/mol. The Morgan fingerprint density at radius 3 is 2.40 bits per heavy atom. The van der Waals surface area contributed by atoms with Crippen LogP contribution in [0.2, 0.25) is 0 Å². The molecule has 8 heteroatoms. The van der Waals surface area contributed by atoms with Gasteiger partial charge in [0.05, 0.1) is 6.54 Å². The molecular formula is C12H9FINO4S. The second kappa shape index (κ2) is 5.92. The first-order chi connectivity index (χ1) is 9.33. The fourth-order valence-electron chi connectivity index (χ4n) is 1.59. The third kappa shape index (κ3) is 4.30. The van der Waals surface area contributed by atoms with E-state index in [0.29, 0.717) is 6.54 Å². The zero-order valence-corrected chi connectivity index (χ0v) is 13.0. The van der Waals surface area contributed by atoms with Gasteiger partial charge in [0.15, 0.2) is 0 Å². The lowest BCUT2D eigenvalue weighted by atomic mass is 10.2. The van der Waals surface area contributed by atoms with Crippen molar-refractivity contribution in [2.45, 2.75) is 6.54 Å². The molecule has 1 aromatic carbocycles. The summed E-state index contributed by atoms with van der Waals surface area (Å²) >= 11 is 2.10. The van der Waals surface area contributed by atoms with Crippen molar-refractivity contribution >= 4 is 33.1 Å². The highest BCUT2D eigenvalue weighted by molar-refractivity contribution is 14.1. The Morgan fingerprint density at radius 2 is 1.80 bits per heavy atom. The molecule has 0 aliphatic carbocycles. The second-order valence-electron chi connectivity index (χ2n) is 3.93. The summed E-state index contributed by atoms with van der Waals surface area (Å²) < 4.78 is 39.5. The molecule has 0 saturated carbocycles. The van der Waals surface area contributed by atoms with Crippen LogP contribution in [-0.4, -0.2) is 13.0 Å². The molecule has 0 unspecified atom stereocenters. The van der Waals surface area contributed by atoms with Crippen LogP contribution >= 0.6 is 22.6 Å². The molecule has 0 amide bonds. The quantitative estimate of drug-likeness (QED) is 0.573. The Hall–Kier alpha value is -1.42. The van der Waals surface area contributed by atoms with Gasteiger partial charge in [0.1, 0.15) is 5.75 Å². The lowest BCUT2D eigenvalue weighted by molar-refractivity contribution is 0.440. The summed E-state index contributed by atoms with van der Waals surface area (Å²) in [5.74, 6) is -0.119. The van der Waals surface area contributed by atoms with E-state index in [1.807, 2.05) is 0 Å². The van der Waals surface area contributed by atoms with Crippen LogP contribution in [0.25, 0.3) is 0 Å². The monoisotopic (exact) mass is 409 g/mol. The number of hydrogen-bond donors (Lipinski definition) is 0. The lowest BCUT2D eigenvalue weighted by Crippen LogP contribution is -2.19. The van der Waals surface area contributed by atoms with Gasteiger partial charge in [0, 0.05) is 15.8 Å². The maximum atomic E-state index is 12.3. The minimum atomic E-state index is -5.02. The highest BCUT2D eigenvalue weighted by atomic mass is 127. The van der Waals surface area contributed by atoms with E-state index in [2.05, 4.69) is 26.8 Å². The van der Waals surface area contributed by atoms with Gasteiger partial charge in [-0.3, -0.25) is 4.79 Å². The first-order valence-electron chi connectivity index (χ1n) is 5.42. The van der Waals surface area contributed by atoms with Gasteiger partial charge in [-0.1, -0.05) is 16.0 Å². The van der Waals surface area contributed by atoms with E-state index < -0.39 is 10.5 Å². The summed E-state index contributed by atoms with van der Waals surface area (Å²) in [6.45, 7) is 0.332. The normalized spacial score (nSPS) is 11.3. The summed E-state index contributed by atoms with van der Waals surface area (Å²) in [5, 5.41) is 0. The largest absolute Gasteiger partial charge is 0.488 e. The topological polar surface area (TPSA) is 65.4 Å². The van der Waals surface area contributed by atoms with E-state index >= 15 is 0 Å². The second-order valence-corrected chi connectivity index (χ2v) is 6.13. The zero-order valence-electron chi connectivity index (χ0n) is 9.99. The first-order valence-corrected chi connectivity index (χ1v) is 7.81. The molecule has 20 heavy (non-hydrogen) atoms. The van der Waals surface area contributed by atoms with Gasteiger partial charge in [0.2, 0.25) is 0 Å². The molecule has 0 N–H and O–H groups in total. The summed E-state index contributed by atoms with van der Waals surface area (Å²) in [7, 11) is -5.02. The van der Waals surface area contributed by atoms with Gasteiger partial charge in [-0.05, 0) is 46.4 Å². The van der Waals surface area contributed by atoms with Crippen molar-refractivity contribution in [2.24, 2.45) is 0 Å². The van der Waals surface area contributed by atoms with Gasteiger partial charge in [-0.25, -0.2) is 0 Å². The lowest BCUT2D eigenvalue weighted by Gasteiger charge is -2.07. The van der Waals surface area contributed by atoms with E-state index in [-0.39, 0.29) is 11.3 Å². The Morgan fingerprint density at radius 1 is 1.15 bits per heavy atom. The van der Waals surface area contributed by atoms with Crippen LogP contribution < -0.4 is 9.74 Å². The van der Waals surface area contributed by atoms with Gasteiger partial charge >= 0.3 is 10.5 Å². The van der Waals surface area contributed by atoms with Crippen LogP contribution in [0, 0.1) is 3.57 Å². The molecule has 0 bridgehead atoms. The van der Waals surface area contributed by atoms with E-state index in [9.17, 15) is 17.1 Å². The zero-order chi connectivity index (χ0) is 14.8. The molecule has 2 rings (SSSR count). The molecule has 2 aromatic rings. The van der Waals surface area contributed by atoms with Crippen LogP contribution in [0.3, 0.4) is 0 Å². The fraction of sp³-hybridized carbons (Fsp3) is 0.0833. The van der Waals surface area contributed by atoms with Crippen molar-refractivity contribution in [3.05, 3.63) is 62.1 Å². The third-order valence-electron chi connectivity index (χ3n) is 2.42. The Bertz CT molecular complexity index is 771. The van der Waals surface area contributed by atoms with Gasteiger partial charge in [-0.15, -0.1) is 0 Å². The number of aromatic nitrogens is 1. The SMILES string of the molecule is O=c1ccc(I)cn1Cc1ccc(OS(=O)(=O)F)cc1. The first kappa shape index (κ1) is 15.0. The van der Waals surface area contributed by atoms with Crippen molar-refractivity contribution in [2.75, 3.05) is 0 Å². The highest BCUT2D eigenvalue weighted by Gasteiger charge is 2.09. The fourth-order valence-corrected chi connectivity index (χ4v) is 2.44. The number of rotatable bonds is 4. The summed E-state index contributed by atoms with van der Waals surface area (Å²) in [6.07, 6.45) is 1.71. The van der Waals surface area contributed by atoms with Crippen LogP contribution in [0.15, 0.2) is 47.4 Å². The number of halogens is 2. The average Bonchev–Trinajstić information content (AvgIpc) is 2.34. The predicted molar refractivity (Wildman–Crippen MR) is 79.6 cm³/mol. The number of benzene rings is 1. The molecule has 0 spiro atoms. The summed E-state index contributed by atoms with van der Waals surface area (Å²) in [5.41, 5.74) is 0.620. The highest BCUT2D eigenvalue weighted by Crippen LogP contribution is 2.15. The van der Waals surface area contributed by atoms with E-state index in [0.717, 1.165) is 9.13 Å². The molecule has 5 nitrogen and oxygen atoms in total. The van der Waals surface area contributed by atoms with Crippen LogP contribution in [0.1, 0.15) is 5.56 Å². The predicted octanol–water partition coefficient (Wildman–Crippen LogP) is 2.09. The number of nitrogens with zero attached hydrogens (tertiary/aromatic N) is 1. The molecule has 0 atom stereocenters. The van der Waals surface area contributed by atoms with Crippen LogP contribution in [-0.2, 0) is 17.0 Å². The van der Waals surface area contributed by atoms with Crippen molar-refractivity contribution < 1.29 is 16.5 Å². The van der Waals surface area contributed by atoms with Gasteiger partial charge in [-0.2, -0.15) is 8.42 Å². The molecule has 0 aliphatic rings. The van der Waals surface area contributed by atoms with Crippen LogP contribution in [0.5, 0.6) is 5.75 Å². The minimum absolute atomic E-state index is 0.119. The van der Waals surface area contributed by atoms with Crippen molar-refractivity contribution in [1.82, 2.24) is 4.57 Å². The maximum absolute atomic E-state index is 12.3. The number of hydrogen-bond acceptors (Lipinski definition) is 4. The van der Waals surface area contributed by atoms with E-state index in [1.54, 1.807) is 24.4 Å². The third-order valence-corrected chi connectivity index (χ3v) is 3.45. The Kier molecular flexibility index (Phi) is 4.43. The average molecular weight is 409 g/mol. The van der Waals surface area contributed by atoms with Gasteiger partial charge in [0.25, 0.3) is 5.56 Å². The Labute approximate surface area is 128 Å². The molecule has 106 valence electrons. The van der Waals surface area contributed by atoms with Crippen molar-refractivity contribution in [3.63, 3.8) is 0 Å². The molecule has 1 aromatic heterocycles. The van der Waals surface area contributed by atoms with Crippen molar-refractivity contribution in [3.8, 4) is 5.75 Å².